The number of rotatable bonds is 10. The minimum atomic E-state index is -0.355. The van der Waals surface area contributed by atoms with E-state index in [0.29, 0.717) is 11.8 Å². The fraction of sp³-hybridized carbons (Fsp3) is 0.810. The Labute approximate surface area is 148 Å². The number of hydrogen-bond acceptors (Lipinski definition) is 3. The first-order chi connectivity index (χ1) is 11.5. The molecule has 0 amide bonds. The Morgan fingerprint density at radius 2 is 2.08 bits per heavy atom. The van der Waals surface area contributed by atoms with Crippen LogP contribution in [0.15, 0.2) is 23.8 Å². The van der Waals surface area contributed by atoms with Crippen molar-refractivity contribution < 1.29 is 10.2 Å². The van der Waals surface area contributed by atoms with Crippen LogP contribution in [0, 0.1) is 17.8 Å². The molecule has 0 spiro atoms. The van der Waals surface area contributed by atoms with Crippen molar-refractivity contribution in [2.75, 3.05) is 20.6 Å². The van der Waals surface area contributed by atoms with Crippen molar-refractivity contribution in [1.82, 2.24) is 4.90 Å². The summed E-state index contributed by atoms with van der Waals surface area (Å²) in [5.74, 6) is 1.33. The second kappa shape index (κ2) is 9.74. The summed E-state index contributed by atoms with van der Waals surface area (Å²) in [5, 5.41) is 20.3. The molecule has 3 heteroatoms. The van der Waals surface area contributed by atoms with Gasteiger partial charge in [0.05, 0.1) is 12.2 Å². The fourth-order valence-electron chi connectivity index (χ4n) is 4.40. The van der Waals surface area contributed by atoms with Gasteiger partial charge < -0.3 is 15.1 Å². The van der Waals surface area contributed by atoms with Gasteiger partial charge in [0, 0.05) is 5.92 Å². The molecule has 0 saturated heterocycles. The highest BCUT2D eigenvalue weighted by molar-refractivity contribution is 5.20. The lowest BCUT2D eigenvalue weighted by Gasteiger charge is -2.19. The van der Waals surface area contributed by atoms with E-state index in [9.17, 15) is 10.2 Å². The van der Waals surface area contributed by atoms with E-state index in [2.05, 4.69) is 38.1 Å². The maximum absolute atomic E-state index is 10.4. The van der Waals surface area contributed by atoms with E-state index in [1.807, 2.05) is 6.08 Å². The van der Waals surface area contributed by atoms with E-state index in [1.165, 1.54) is 32.2 Å². The lowest BCUT2D eigenvalue weighted by Crippen LogP contribution is -2.18. The van der Waals surface area contributed by atoms with Gasteiger partial charge in [0.1, 0.15) is 0 Å². The van der Waals surface area contributed by atoms with Crippen molar-refractivity contribution in [1.29, 1.82) is 0 Å². The van der Waals surface area contributed by atoms with Gasteiger partial charge in [0.25, 0.3) is 0 Å². The normalized spacial score (nSPS) is 31.0. The van der Waals surface area contributed by atoms with Gasteiger partial charge in [-0.25, -0.2) is 0 Å². The van der Waals surface area contributed by atoms with E-state index in [-0.39, 0.29) is 18.1 Å². The van der Waals surface area contributed by atoms with Gasteiger partial charge in [0.15, 0.2) is 0 Å². The standard InChI is InChI=1S/C21H37NO2/c1-4-8-18(23)10-11-19-20-14-16(13-17(20)15-21(19)24)9-6-5-7-12-22(2)3/h10-11,13,17-21,23-24H,4-9,12,14-15H2,1-3H3/t17-,18+,19+,20-,21+/m0/s1. The van der Waals surface area contributed by atoms with Crippen LogP contribution in [0.2, 0.25) is 0 Å². The van der Waals surface area contributed by atoms with Crippen molar-refractivity contribution in [2.45, 2.75) is 70.5 Å². The Kier molecular flexibility index (Phi) is 7.99. The Hall–Kier alpha value is -0.640. The van der Waals surface area contributed by atoms with Crippen LogP contribution in [-0.2, 0) is 0 Å². The minimum absolute atomic E-state index is 0.226. The molecule has 0 aromatic carbocycles. The highest BCUT2D eigenvalue weighted by Crippen LogP contribution is 2.48. The molecule has 0 aliphatic heterocycles. The Bertz CT molecular complexity index is 430. The third-order valence-electron chi connectivity index (χ3n) is 5.69. The fourth-order valence-corrected chi connectivity index (χ4v) is 4.40. The van der Waals surface area contributed by atoms with E-state index >= 15 is 0 Å². The Balaban J connectivity index is 1.77. The van der Waals surface area contributed by atoms with Crippen LogP contribution in [-0.4, -0.2) is 48.0 Å². The summed E-state index contributed by atoms with van der Waals surface area (Å²) in [7, 11) is 4.27. The molecule has 24 heavy (non-hydrogen) atoms. The van der Waals surface area contributed by atoms with Crippen LogP contribution in [0.3, 0.4) is 0 Å². The number of hydrogen-bond donors (Lipinski definition) is 2. The molecule has 2 rings (SSSR count). The van der Waals surface area contributed by atoms with Crippen molar-refractivity contribution in [3.8, 4) is 0 Å². The summed E-state index contributed by atoms with van der Waals surface area (Å²) in [6, 6.07) is 0. The minimum Gasteiger partial charge on any atom is -0.392 e. The van der Waals surface area contributed by atoms with E-state index < -0.39 is 0 Å². The zero-order valence-corrected chi connectivity index (χ0v) is 15.8. The number of unbranched alkanes of at least 4 members (excludes halogenated alkanes) is 2. The molecule has 3 nitrogen and oxygen atoms in total. The number of aliphatic hydroxyl groups is 2. The first-order valence-electron chi connectivity index (χ1n) is 9.90. The summed E-state index contributed by atoms with van der Waals surface area (Å²) in [4.78, 5) is 2.25. The summed E-state index contributed by atoms with van der Waals surface area (Å²) in [6.45, 7) is 3.27. The smallest absolute Gasteiger partial charge is 0.0720 e. The molecular formula is C21H37NO2. The third kappa shape index (κ3) is 5.72. The maximum atomic E-state index is 10.4. The van der Waals surface area contributed by atoms with Crippen molar-refractivity contribution >= 4 is 0 Å². The lowest BCUT2D eigenvalue weighted by molar-refractivity contribution is 0.139. The number of allylic oxidation sites excluding steroid dienone is 2. The predicted molar refractivity (Wildman–Crippen MR) is 101 cm³/mol. The maximum Gasteiger partial charge on any atom is 0.0720 e. The highest BCUT2D eigenvalue weighted by Gasteiger charge is 2.43. The molecule has 2 aliphatic carbocycles. The van der Waals surface area contributed by atoms with Crippen molar-refractivity contribution in [3.63, 3.8) is 0 Å². The van der Waals surface area contributed by atoms with Crippen molar-refractivity contribution in [3.05, 3.63) is 23.8 Å². The van der Waals surface area contributed by atoms with Crippen LogP contribution < -0.4 is 0 Å². The van der Waals surface area contributed by atoms with Gasteiger partial charge in [-0.05, 0) is 71.0 Å². The Morgan fingerprint density at radius 1 is 1.29 bits per heavy atom. The monoisotopic (exact) mass is 335 g/mol. The summed E-state index contributed by atoms with van der Waals surface area (Å²) < 4.78 is 0. The van der Waals surface area contributed by atoms with E-state index in [0.717, 1.165) is 25.7 Å². The molecular weight excluding hydrogens is 298 g/mol. The molecule has 0 aromatic rings. The van der Waals surface area contributed by atoms with Crippen LogP contribution in [0.1, 0.15) is 58.3 Å². The molecule has 0 unspecified atom stereocenters. The average Bonchev–Trinajstić information content (AvgIpc) is 3.01. The van der Waals surface area contributed by atoms with Gasteiger partial charge in [-0.1, -0.05) is 43.6 Å². The van der Waals surface area contributed by atoms with Gasteiger partial charge in [-0.2, -0.15) is 0 Å². The summed E-state index contributed by atoms with van der Waals surface area (Å²) in [6.07, 6.45) is 14.8. The van der Waals surface area contributed by atoms with Crippen LogP contribution in [0.5, 0.6) is 0 Å². The van der Waals surface area contributed by atoms with Crippen molar-refractivity contribution in [2.24, 2.45) is 17.8 Å². The molecule has 2 N–H and O–H groups in total. The molecule has 5 atom stereocenters. The first kappa shape index (κ1) is 19.7. The molecule has 0 radical (unpaired) electrons. The average molecular weight is 336 g/mol. The zero-order chi connectivity index (χ0) is 17.5. The number of fused-ring (bicyclic) bond motifs is 1. The SMILES string of the molecule is CCC[C@@H](O)C=C[C@@H]1[C@H]2CC(CCCCCN(C)C)=C[C@H]2C[C@H]1O. The quantitative estimate of drug-likeness (QED) is 0.472. The summed E-state index contributed by atoms with van der Waals surface area (Å²) >= 11 is 0. The van der Waals surface area contributed by atoms with Crippen LogP contribution in [0.4, 0.5) is 0 Å². The predicted octanol–water partition coefficient (Wildman–Crippen LogP) is 3.77. The second-order valence-corrected chi connectivity index (χ2v) is 8.09. The third-order valence-corrected chi connectivity index (χ3v) is 5.69. The van der Waals surface area contributed by atoms with Gasteiger partial charge in [0.2, 0.25) is 0 Å². The summed E-state index contributed by atoms with van der Waals surface area (Å²) in [5.41, 5.74) is 1.61. The number of aliphatic hydroxyl groups excluding tert-OH is 2. The second-order valence-electron chi connectivity index (χ2n) is 8.09. The Morgan fingerprint density at radius 3 is 2.79 bits per heavy atom. The molecule has 0 aromatic heterocycles. The largest absolute Gasteiger partial charge is 0.392 e. The molecule has 0 heterocycles. The van der Waals surface area contributed by atoms with Gasteiger partial charge in [-0.3, -0.25) is 0 Å². The highest BCUT2D eigenvalue weighted by atomic mass is 16.3. The molecule has 1 saturated carbocycles. The molecule has 1 fully saturated rings. The van der Waals surface area contributed by atoms with Gasteiger partial charge >= 0.3 is 0 Å². The van der Waals surface area contributed by atoms with Gasteiger partial charge in [-0.15, -0.1) is 0 Å². The molecule has 0 bridgehead atoms. The number of nitrogens with zero attached hydrogens (tertiary/aromatic N) is 1. The van der Waals surface area contributed by atoms with Crippen LogP contribution >= 0.6 is 0 Å². The first-order valence-corrected chi connectivity index (χ1v) is 9.90. The lowest BCUT2D eigenvalue weighted by atomic mass is 9.88. The topological polar surface area (TPSA) is 43.7 Å². The molecule has 2 aliphatic rings. The molecule has 138 valence electrons. The van der Waals surface area contributed by atoms with E-state index in [1.54, 1.807) is 5.57 Å². The zero-order valence-electron chi connectivity index (χ0n) is 15.8. The van der Waals surface area contributed by atoms with E-state index in [4.69, 9.17) is 0 Å². The van der Waals surface area contributed by atoms with Crippen LogP contribution in [0.25, 0.3) is 0 Å².